The third-order valence-corrected chi connectivity index (χ3v) is 3.92. The maximum absolute atomic E-state index is 12.5. The summed E-state index contributed by atoms with van der Waals surface area (Å²) in [6.07, 6.45) is 1.62. The van der Waals surface area contributed by atoms with Gasteiger partial charge in [0.15, 0.2) is 6.10 Å². The first-order valence-electron chi connectivity index (χ1n) is 7.30. The number of ether oxygens (including phenoxy) is 2. The second kappa shape index (κ2) is 7.66. The summed E-state index contributed by atoms with van der Waals surface area (Å²) in [7, 11) is 1.70. The summed E-state index contributed by atoms with van der Waals surface area (Å²) in [5.41, 5.74) is 0. The van der Waals surface area contributed by atoms with Crippen molar-refractivity contribution in [2.24, 2.45) is 5.92 Å². The fraction of sp³-hybridized carbons (Fsp3) is 0.562. The zero-order valence-corrected chi connectivity index (χ0v) is 13.3. The van der Waals surface area contributed by atoms with Crippen LogP contribution in [0.25, 0.3) is 0 Å². The summed E-state index contributed by atoms with van der Waals surface area (Å²) >= 11 is 5.92. The molecule has 5 heteroatoms. The third-order valence-electron chi connectivity index (χ3n) is 3.69. The van der Waals surface area contributed by atoms with E-state index in [1.54, 1.807) is 32.2 Å². The maximum Gasteiger partial charge on any atom is 0.263 e. The van der Waals surface area contributed by atoms with E-state index in [1.165, 1.54) is 0 Å². The zero-order chi connectivity index (χ0) is 15.2. The number of amides is 1. The van der Waals surface area contributed by atoms with E-state index in [0.29, 0.717) is 23.3 Å². The van der Waals surface area contributed by atoms with Gasteiger partial charge in [0.1, 0.15) is 5.75 Å². The first-order chi connectivity index (χ1) is 10.1. The lowest BCUT2D eigenvalue weighted by Crippen LogP contribution is -2.46. The van der Waals surface area contributed by atoms with Crippen molar-refractivity contribution in [2.75, 3.05) is 26.8 Å². The SMILES string of the molecule is COC[C@H]1CCCN(C(=O)[C@@H](C)Oc2cccc(Cl)c2)C1. The molecule has 1 aromatic rings. The number of piperidine rings is 1. The summed E-state index contributed by atoms with van der Waals surface area (Å²) in [6.45, 7) is 4.02. The molecule has 0 unspecified atom stereocenters. The summed E-state index contributed by atoms with van der Waals surface area (Å²) in [5.74, 6) is 1.07. The van der Waals surface area contributed by atoms with Crippen LogP contribution >= 0.6 is 11.6 Å². The number of methoxy groups -OCH3 is 1. The molecule has 0 N–H and O–H groups in total. The van der Waals surface area contributed by atoms with Crippen LogP contribution < -0.4 is 4.74 Å². The lowest BCUT2D eigenvalue weighted by Gasteiger charge is -2.34. The highest BCUT2D eigenvalue weighted by Gasteiger charge is 2.27. The number of benzene rings is 1. The largest absolute Gasteiger partial charge is 0.481 e. The molecule has 1 aliphatic rings. The highest BCUT2D eigenvalue weighted by Crippen LogP contribution is 2.21. The van der Waals surface area contributed by atoms with Gasteiger partial charge >= 0.3 is 0 Å². The Bertz CT molecular complexity index is 478. The van der Waals surface area contributed by atoms with Crippen LogP contribution in [0.15, 0.2) is 24.3 Å². The summed E-state index contributed by atoms with van der Waals surface area (Å²) in [6, 6.07) is 7.11. The standard InChI is InChI=1S/C16H22ClNO3/c1-12(21-15-7-3-6-14(17)9-15)16(19)18-8-4-5-13(10-18)11-20-2/h3,6-7,9,12-13H,4-5,8,10-11H2,1-2H3/t12-,13+/m1/s1. The van der Waals surface area contributed by atoms with Gasteiger partial charge in [0.2, 0.25) is 0 Å². The predicted octanol–water partition coefficient (Wildman–Crippen LogP) is 2.99. The van der Waals surface area contributed by atoms with E-state index in [9.17, 15) is 4.79 Å². The van der Waals surface area contributed by atoms with Crippen molar-refractivity contribution in [3.63, 3.8) is 0 Å². The van der Waals surface area contributed by atoms with Crippen LogP contribution in [0.5, 0.6) is 5.75 Å². The average Bonchev–Trinajstić information content (AvgIpc) is 2.47. The topological polar surface area (TPSA) is 38.8 Å². The van der Waals surface area contributed by atoms with Gasteiger partial charge < -0.3 is 14.4 Å². The van der Waals surface area contributed by atoms with E-state index >= 15 is 0 Å². The van der Waals surface area contributed by atoms with Gasteiger partial charge in [0, 0.05) is 25.2 Å². The Kier molecular flexibility index (Phi) is 5.88. The lowest BCUT2D eigenvalue weighted by atomic mass is 9.98. The van der Waals surface area contributed by atoms with Crippen molar-refractivity contribution in [3.8, 4) is 5.75 Å². The number of carbonyl (C=O) groups is 1. The molecule has 0 aromatic heterocycles. The van der Waals surface area contributed by atoms with Crippen LogP contribution in [-0.4, -0.2) is 43.7 Å². The summed E-state index contributed by atoms with van der Waals surface area (Å²) in [4.78, 5) is 14.3. The summed E-state index contributed by atoms with van der Waals surface area (Å²) in [5, 5.41) is 0.602. The molecule has 0 radical (unpaired) electrons. The van der Waals surface area contributed by atoms with Crippen molar-refractivity contribution in [2.45, 2.75) is 25.9 Å². The molecule has 2 atom stereocenters. The van der Waals surface area contributed by atoms with E-state index in [4.69, 9.17) is 21.1 Å². The fourth-order valence-electron chi connectivity index (χ4n) is 2.69. The smallest absolute Gasteiger partial charge is 0.263 e. The monoisotopic (exact) mass is 311 g/mol. The highest BCUT2D eigenvalue weighted by atomic mass is 35.5. The van der Waals surface area contributed by atoms with E-state index in [0.717, 1.165) is 25.9 Å². The van der Waals surface area contributed by atoms with Gasteiger partial charge in [-0.1, -0.05) is 17.7 Å². The van der Waals surface area contributed by atoms with E-state index < -0.39 is 6.10 Å². The van der Waals surface area contributed by atoms with Gasteiger partial charge in [-0.25, -0.2) is 0 Å². The first-order valence-corrected chi connectivity index (χ1v) is 7.68. The number of hydrogen-bond donors (Lipinski definition) is 0. The number of likely N-dealkylation sites (tertiary alicyclic amines) is 1. The second-order valence-corrected chi connectivity index (χ2v) is 5.90. The lowest BCUT2D eigenvalue weighted by molar-refractivity contribution is -0.140. The average molecular weight is 312 g/mol. The number of halogens is 1. The molecule has 1 saturated heterocycles. The minimum atomic E-state index is -0.509. The molecule has 4 nitrogen and oxygen atoms in total. The Morgan fingerprint density at radius 3 is 3.05 bits per heavy atom. The molecule has 0 bridgehead atoms. The fourth-order valence-corrected chi connectivity index (χ4v) is 2.87. The van der Waals surface area contributed by atoms with Crippen molar-refractivity contribution in [1.82, 2.24) is 4.90 Å². The molecule has 21 heavy (non-hydrogen) atoms. The molecular formula is C16H22ClNO3. The van der Waals surface area contributed by atoms with Crippen LogP contribution in [0.1, 0.15) is 19.8 Å². The van der Waals surface area contributed by atoms with Crippen LogP contribution in [0.4, 0.5) is 0 Å². The highest BCUT2D eigenvalue weighted by molar-refractivity contribution is 6.30. The third kappa shape index (κ3) is 4.61. The molecule has 116 valence electrons. The minimum absolute atomic E-state index is 0.0239. The Morgan fingerprint density at radius 1 is 1.52 bits per heavy atom. The quantitative estimate of drug-likeness (QED) is 0.839. The van der Waals surface area contributed by atoms with Gasteiger partial charge in [-0.2, -0.15) is 0 Å². The molecule has 0 aliphatic carbocycles. The Hall–Kier alpha value is -1.26. The molecule has 0 saturated carbocycles. The van der Waals surface area contributed by atoms with E-state index in [-0.39, 0.29) is 5.91 Å². The molecule has 1 fully saturated rings. The first kappa shape index (κ1) is 16.1. The maximum atomic E-state index is 12.5. The normalized spacial score (nSPS) is 20.1. The zero-order valence-electron chi connectivity index (χ0n) is 12.5. The van der Waals surface area contributed by atoms with Gasteiger partial charge in [0.25, 0.3) is 5.91 Å². The van der Waals surface area contributed by atoms with Crippen molar-refractivity contribution < 1.29 is 14.3 Å². The van der Waals surface area contributed by atoms with Crippen molar-refractivity contribution in [1.29, 1.82) is 0 Å². The molecule has 2 rings (SSSR count). The Balaban J connectivity index is 1.92. The number of carbonyl (C=O) groups excluding carboxylic acids is 1. The van der Waals surface area contributed by atoms with E-state index in [1.807, 2.05) is 11.0 Å². The Labute approximate surface area is 131 Å². The van der Waals surface area contributed by atoms with Crippen LogP contribution in [0.2, 0.25) is 5.02 Å². The molecule has 1 aliphatic heterocycles. The van der Waals surface area contributed by atoms with Crippen LogP contribution in [0.3, 0.4) is 0 Å². The van der Waals surface area contributed by atoms with Crippen molar-refractivity contribution in [3.05, 3.63) is 29.3 Å². The van der Waals surface area contributed by atoms with E-state index in [2.05, 4.69) is 0 Å². The molecule has 0 spiro atoms. The van der Waals surface area contributed by atoms with Gasteiger partial charge in [-0.05, 0) is 43.9 Å². The number of hydrogen-bond acceptors (Lipinski definition) is 3. The van der Waals surface area contributed by atoms with Crippen LogP contribution in [0, 0.1) is 5.92 Å². The minimum Gasteiger partial charge on any atom is -0.481 e. The molecular weight excluding hydrogens is 290 g/mol. The van der Waals surface area contributed by atoms with Gasteiger partial charge in [0.05, 0.1) is 6.61 Å². The molecule has 1 heterocycles. The molecule has 1 aromatic carbocycles. The van der Waals surface area contributed by atoms with Crippen LogP contribution in [-0.2, 0) is 9.53 Å². The second-order valence-electron chi connectivity index (χ2n) is 5.47. The van der Waals surface area contributed by atoms with Gasteiger partial charge in [-0.3, -0.25) is 4.79 Å². The van der Waals surface area contributed by atoms with Gasteiger partial charge in [-0.15, -0.1) is 0 Å². The number of rotatable bonds is 5. The summed E-state index contributed by atoms with van der Waals surface area (Å²) < 4.78 is 10.9. The Morgan fingerprint density at radius 2 is 2.33 bits per heavy atom. The van der Waals surface area contributed by atoms with Crippen molar-refractivity contribution >= 4 is 17.5 Å². The number of nitrogens with zero attached hydrogens (tertiary/aromatic N) is 1. The molecule has 1 amide bonds. The predicted molar refractivity (Wildman–Crippen MR) is 82.7 cm³/mol.